The number of pyridine rings is 1. The Balaban J connectivity index is 1.75. The SMILES string of the molecule is COc1ccc(F)cc1-c1ccnc2[nH]c(C3=C[C@@H](CO[Si](C(C)C)(C(C)C)C(C)C)N(C(=O)OC(C)(C)C)CC3)cc12. The van der Waals surface area contributed by atoms with Gasteiger partial charge >= 0.3 is 6.09 Å². The third-order valence-electron chi connectivity index (χ3n) is 8.58. The third kappa shape index (κ3) is 6.83. The summed E-state index contributed by atoms with van der Waals surface area (Å²) in [6.45, 7) is 20.2. The summed E-state index contributed by atoms with van der Waals surface area (Å²) in [5.74, 6) is 0.257. The highest BCUT2D eigenvalue weighted by Crippen LogP contribution is 2.43. The molecule has 0 radical (unpaired) electrons. The average molecular weight is 610 g/mol. The molecule has 43 heavy (non-hydrogen) atoms. The topological polar surface area (TPSA) is 76.7 Å². The molecule has 0 saturated carbocycles. The molecule has 0 bridgehead atoms. The van der Waals surface area contributed by atoms with Crippen LogP contribution in [0.2, 0.25) is 16.6 Å². The fraction of sp³-hybridized carbons (Fsp3) is 0.529. The van der Waals surface area contributed by atoms with Crippen LogP contribution >= 0.6 is 0 Å². The molecule has 1 amide bonds. The minimum Gasteiger partial charge on any atom is -0.496 e. The van der Waals surface area contributed by atoms with Crippen LogP contribution in [0.3, 0.4) is 0 Å². The molecule has 0 aliphatic carbocycles. The molecule has 234 valence electrons. The molecule has 9 heteroatoms. The molecule has 1 aliphatic rings. The number of methoxy groups -OCH3 is 1. The lowest BCUT2D eigenvalue weighted by atomic mass is 9.99. The summed E-state index contributed by atoms with van der Waals surface area (Å²) in [4.78, 5) is 23.2. The van der Waals surface area contributed by atoms with Crippen molar-refractivity contribution in [3.8, 4) is 16.9 Å². The van der Waals surface area contributed by atoms with Crippen LogP contribution in [-0.4, -0.2) is 61.2 Å². The highest BCUT2D eigenvalue weighted by atomic mass is 28.4. The highest BCUT2D eigenvalue weighted by molar-refractivity contribution is 6.77. The molecule has 1 aliphatic heterocycles. The number of benzene rings is 1. The van der Waals surface area contributed by atoms with Crippen LogP contribution in [0.5, 0.6) is 5.75 Å². The number of carbonyl (C=O) groups is 1. The van der Waals surface area contributed by atoms with Gasteiger partial charge in [0.2, 0.25) is 0 Å². The molecular weight excluding hydrogens is 561 g/mol. The maximum Gasteiger partial charge on any atom is 0.410 e. The highest BCUT2D eigenvalue weighted by Gasteiger charge is 2.46. The van der Waals surface area contributed by atoms with Crippen LogP contribution in [0.4, 0.5) is 9.18 Å². The second-order valence-corrected chi connectivity index (χ2v) is 18.9. The zero-order valence-electron chi connectivity index (χ0n) is 27.4. The second-order valence-electron chi connectivity index (χ2n) is 13.5. The normalized spacial score (nSPS) is 16.4. The molecule has 4 rings (SSSR count). The Kier molecular flexibility index (Phi) is 9.76. The number of hydrogen-bond donors (Lipinski definition) is 1. The van der Waals surface area contributed by atoms with Gasteiger partial charge in [-0.1, -0.05) is 47.6 Å². The fourth-order valence-corrected chi connectivity index (χ4v) is 12.2. The second kappa shape index (κ2) is 12.8. The summed E-state index contributed by atoms with van der Waals surface area (Å²) in [6.07, 6.45) is 4.16. The number of carbonyl (C=O) groups excluding carboxylic acids is 1. The minimum absolute atomic E-state index is 0.288. The predicted molar refractivity (Wildman–Crippen MR) is 174 cm³/mol. The largest absolute Gasteiger partial charge is 0.496 e. The first-order chi connectivity index (χ1) is 20.2. The number of nitrogens with zero attached hydrogens (tertiary/aromatic N) is 2. The Bertz CT molecular complexity index is 1450. The van der Waals surface area contributed by atoms with Gasteiger partial charge in [-0.15, -0.1) is 0 Å². The number of ether oxygens (including phenoxy) is 2. The minimum atomic E-state index is -2.18. The van der Waals surface area contributed by atoms with Crippen molar-refractivity contribution in [3.05, 3.63) is 54.1 Å². The van der Waals surface area contributed by atoms with Crippen molar-refractivity contribution in [2.45, 2.75) is 97.0 Å². The maximum atomic E-state index is 14.3. The standard InChI is InChI=1S/C34H48FN3O4Si/c1-21(2)43(22(3)4,23(5)6)41-20-26-17-24(14-16-38(26)33(39)42-34(7,8)9)30-19-29-27(13-15-36-32(29)37-30)28-18-25(35)11-12-31(28)40-10/h11-13,15,17-19,21-23,26H,14,16,20H2,1-10H3,(H,36,37)/t26-/m0/s1. The first-order valence-corrected chi connectivity index (χ1v) is 17.5. The summed E-state index contributed by atoms with van der Waals surface area (Å²) in [5, 5.41) is 0.871. The van der Waals surface area contributed by atoms with E-state index in [2.05, 4.69) is 63.7 Å². The average Bonchev–Trinajstić information content (AvgIpc) is 3.36. The van der Waals surface area contributed by atoms with Crippen molar-refractivity contribution in [1.29, 1.82) is 0 Å². The Morgan fingerprint density at radius 2 is 1.74 bits per heavy atom. The van der Waals surface area contributed by atoms with Crippen LogP contribution in [0, 0.1) is 5.82 Å². The van der Waals surface area contributed by atoms with E-state index >= 15 is 0 Å². The van der Waals surface area contributed by atoms with Gasteiger partial charge in [0.15, 0.2) is 8.32 Å². The van der Waals surface area contributed by atoms with Crippen molar-refractivity contribution >= 4 is 31.0 Å². The molecule has 3 aromatic rings. The molecule has 0 fully saturated rings. The van der Waals surface area contributed by atoms with Gasteiger partial charge in [0.1, 0.15) is 22.8 Å². The third-order valence-corrected chi connectivity index (χ3v) is 14.7. The summed E-state index contributed by atoms with van der Waals surface area (Å²) in [5.41, 5.74) is 4.86. The van der Waals surface area contributed by atoms with E-state index in [4.69, 9.17) is 13.9 Å². The van der Waals surface area contributed by atoms with Gasteiger partial charge in [-0.25, -0.2) is 14.2 Å². The number of amides is 1. The molecule has 0 spiro atoms. The summed E-state index contributed by atoms with van der Waals surface area (Å²) in [6, 6.07) is 8.17. The zero-order valence-corrected chi connectivity index (χ0v) is 28.4. The fourth-order valence-electron chi connectivity index (χ4n) is 6.78. The Morgan fingerprint density at radius 3 is 2.35 bits per heavy atom. The molecule has 0 unspecified atom stereocenters. The lowest BCUT2D eigenvalue weighted by Gasteiger charge is -2.44. The van der Waals surface area contributed by atoms with Crippen molar-refractivity contribution in [3.63, 3.8) is 0 Å². The van der Waals surface area contributed by atoms with E-state index in [1.807, 2.05) is 26.8 Å². The van der Waals surface area contributed by atoms with Gasteiger partial charge < -0.3 is 18.9 Å². The summed E-state index contributed by atoms with van der Waals surface area (Å²) < 4.78 is 32.6. The summed E-state index contributed by atoms with van der Waals surface area (Å²) in [7, 11) is -0.596. The number of fused-ring (bicyclic) bond motifs is 1. The van der Waals surface area contributed by atoms with Crippen LogP contribution in [0.15, 0.2) is 42.6 Å². The van der Waals surface area contributed by atoms with Crippen LogP contribution < -0.4 is 4.74 Å². The van der Waals surface area contributed by atoms with Crippen molar-refractivity contribution in [1.82, 2.24) is 14.9 Å². The van der Waals surface area contributed by atoms with E-state index in [9.17, 15) is 9.18 Å². The van der Waals surface area contributed by atoms with Gasteiger partial charge in [-0.2, -0.15) is 0 Å². The van der Waals surface area contributed by atoms with Crippen LogP contribution in [0.1, 0.15) is 74.4 Å². The number of hydrogen-bond acceptors (Lipinski definition) is 5. The van der Waals surface area contributed by atoms with Crippen molar-refractivity contribution in [2.24, 2.45) is 0 Å². The predicted octanol–water partition coefficient (Wildman–Crippen LogP) is 8.96. The smallest absolute Gasteiger partial charge is 0.410 e. The van der Waals surface area contributed by atoms with Gasteiger partial charge in [-0.05, 0) is 85.3 Å². The Hall–Kier alpha value is -3.17. The molecule has 7 nitrogen and oxygen atoms in total. The van der Waals surface area contributed by atoms with E-state index in [0.717, 1.165) is 22.2 Å². The molecule has 1 atom stereocenters. The van der Waals surface area contributed by atoms with Crippen LogP contribution in [-0.2, 0) is 9.16 Å². The van der Waals surface area contributed by atoms with E-state index in [0.29, 0.717) is 53.2 Å². The van der Waals surface area contributed by atoms with Crippen molar-refractivity contribution in [2.75, 3.05) is 20.3 Å². The van der Waals surface area contributed by atoms with E-state index in [1.54, 1.807) is 24.3 Å². The molecule has 1 N–H and O–H groups in total. The number of halogens is 1. The first kappa shape index (κ1) is 32.7. The Morgan fingerprint density at radius 1 is 1.07 bits per heavy atom. The first-order valence-electron chi connectivity index (χ1n) is 15.3. The van der Waals surface area contributed by atoms with Gasteiger partial charge in [0.25, 0.3) is 0 Å². The van der Waals surface area contributed by atoms with Crippen LogP contribution in [0.25, 0.3) is 27.7 Å². The number of aromatic amines is 1. The molecular formula is C34H48FN3O4Si. The van der Waals surface area contributed by atoms with Gasteiger partial charge in [0, 0.05) is 29.4 Å². The molecule has 3 heterocycles. The zero-order chi connectivity index (χ0) is 31.7. The van der Waals surface area contributed by atoms with E-state index in [-0.39, 0.29) is 18.0 Å². The number of H-pyrrole nitrogens is 1. The lowest BCUT2D eigenvalue weighted by molar-refractivity contribution is 0.0147. The van der Waals surface area contributed by atoms with E-state index < -0.39 is 13.9 Å². The van der Waals surface area contributed by atoms with Gasteiger partial charge in [-0.3, -0.25) is 4.90 Å². The Labute approximate surface area is 256 Å². The number of aromatic nitrogens is 2. The van der Waals surface area contributed by atoms with Gasteiger partial charge in [0.05, 0.1) is 19.8 Å². The molecule has 2 aromatic heterocycles. The molecule has 1 aromatic carbocycles. The molecule has 0 saturated heterocycles. The van der Waals surface area contributed by atoms with Crippen molar-refractivity contribution < 1.29 is 23.1 Å². The van der Waals surface area contributed by atoms with E-state index in [1.165, 1.54) is 12.1 Å². The number of rotatable bonds is 9. The summed E-state index contributed by atoms with van der Waals surface area (Å²) >= 11 is 0. The number of nitrogens with one attached hydrogen (secondary N) is 1. The lowest BCUT2D eigenvalue weighted by Crippen LogP contribution is -2.52. The maximum absolute atomic E-state index is 14.3. The monoisotopic (exact) mass is 609 g/mol. The quantitative estimate of drug-likeness (QED) is 0.245.